The minimum Gasteiger partial charge on any atom is -0.494 e. The Morgan fingerprint density at radius 3 is 2.36 bits per heavy atom. The number of amides is 3. The Labute approximate surface area is 220 Å². The van der Waals surface area contributed by atoms with Crippen molar-refractivity contribution in [3.63, 3.8) is 0 Å². The van der Waals surface area contributed by atoms with E-state index in [2.05, 4.69) is 4.85 Å². The SMILES string of the molecule is [C-]#[N+]c1ccc(N2C(=O)N(CCCOc3ccc(-c4ccccc4Cl)cc3)C(C)(C)C2=O)c(C)c1Cl. The molecule has 6 nitrogen and oxygen atoms in total. The first-order valence-corrected chi connectivity index (χ1v) is 12.2. The molecule has 0 aliphatic carbocycles. The van der Waals surface area contributed by atoms with Crippen molar-refractivity contribution >= 4 is 46.5 Å². The van der Waals surface area contributed by atoms with E-state index in [0.717, 1.165) is 16.0 Å². The molecule has 0 radical (unpaired) electrons. The second-order valence-corrected chi connectivity index (χ2v) is 9.78. The molecule has 0 bridgehead atoms. The van der Waals surface area contributed by atoms with Gasteiger partial charge >= 0.3 is 6.03 Å². The van der Waals surface area contributed by atoms with Crippen LogP contribution < -0.4 is 9.64 Å². The van der Waals surface area contributed by atoms with Gasteiger partial charge < -0.3 is 9.64 Å². The normalized spacial score (nSPS) is 14.8. The third-order valence-corrected chi connectivity index (χ3v) is 7.16. The predicted molar refractivity (Wildman–Crippen MR) is 143 cm³/mol. The van der Waals surface area contributed by atoms with Crippen LogP contribution in [-0.2, 0) is 4.79 Å². The van der Waals surface area contributed by atoms with Crippen LogP contribution in [0.5, 0.6) is 5.75 Å². The quantitative estimate of drug-likeness (QED) is 0.183. The standard InChI is InChI=1S/C28H25Cl2N3O3/c1-18-24(15-14-23(31-4)25(18)30)33-26(34)28(2,3)32(27(33)35)16-7-17-36-20-12-10-19(11-13-20)21-8-5-6-9-22(21)29/h5-6,8-15H,7,16-17H2,1-3H3. The van der Waals surface area contributed by atoms with Crippen LogP contribution in [0.1, 0.15) is 25.8 Å². The van der Waals surface area contributed by atoms with E-state index in [4.69, 9.17) is 34.5 Å². The van der Waals surface area contributed by atoms with E-state index in [-0.39, 0.29) is 16.6 Å². The highest BCUT2D eigenvalue weighted by Gasteiger charge is 2.51. The number of imide groups is 1. The van der Waals surface area contributed by atoms with Crippen LogP contribution in [-0.4, -0.2) is 35.5 Å². The summed E-state index contributed by atoms with van der Waals surface area (Å²) in [7, 11) is 0. The molecule has 184 valence electrons. The van der Waals surface area contributed by atoms with Gasteiger partial charge in [0.2, 0.25) is 5.69 Å². The highest BCUT2D eigenvalue weighted by molar-refractivity contribution is 6.35. The van der Waals surface area contributed by atoms with Gasteiger partial charge in [0, 0.05) is 17.1 Å². The molecular weight excluding hydrogens is 497 g/mol. The molecule has 0 atom stereocenters. The zero-order valence-electron chi connectivity index (χ0n) is 20.2. The summed E-state index contributed by atoms with van der Waals surface area (Å²) in [4.78, 5) is 32.6. The van der Waals surface area contributed by atoms with Crippen molar-refractivity contribution in [3.8, 4) is 16.9 Å². The number of rotatable bonds is 7. The number of carbonyl (C=O) groups excluding carboxylic acids is 2. The Balaban J connectivity index is 1.40. The molecule has 0 aromatic heterocycles. The molecule has 3 amide bonds. The molecule has 0 saturated carbocycles. The van der Waals surface area contributed by atoms with Crippen molar-refractivity contribution in [3.05, 3.63) is 87.7 Å². The number of nitrogens with zero attached hydrogens (tertiary/aromatic N) is 3. The summed E-state index contributed by atoms with van der Waals surface area (Å²) in [5.41, 5.74) is 2.13. The maximum absolute atomic E-state index is 13.3. The monoisotopic (exact) mass is 521 g/mol. The van der Waals surface area contributed by atoms with Crippen molar-refractivity contribution in [2.45, 2.75) is 32.7 Å². The lowest BCUT2D eigenvalue weighted by molar-refractivity contribution is -0.123. The highest BCUT2D eigenvalue weighted by Crippen LogP contribution is 2.39. The Morgan fingerprint density at radius 2 is 1.69 bits per heavy atom. The number of carbonyl (C=O) groups is 2. The smallest absolute Gasteiger partial charge is 0.332 e. The highest BCUT2D eigenvalue weighted by atomic mass is 35.5. The number of benzene rings is 3. The summed E-state index contributed by atoms with van der Waals surface area (Å²) >= 11 is 12.6. The molecule has 4 rings (SSSR count). The number of hydrogen-bond donors (Lipinski definition) is 0. The van der Waals surface area contributed by atoms with Crippen molar-refractivity contribution in [2.75, 3.05) is 18.1 Å². The summed E-state index contributed by atoms with van der Waals surface area (Å²) in [6.07, 6.45) is 0.541. The van der Waals surface area contributed by atoms with Crippen LogP contribution in [0.3, 0.4) is 0 Å². The van der Waals surface area contributed by atoms with Gasteiger partial charge in [0.05, 0.1) is 23.9 Å². The average molecular weight is 522 g/mol. The number of anilines is 1. The van der Waals surface area contributed by atoms with Crippen LogP contribution in [0.4, 0.5) is 16.2 Å². The van der Waals surface area contributed by atoms with Gasteiger partial charge in [0.25, 0.3) is 5.91 Å². The molecule has 1 heterocycles. The maximum Gasteiger partial charge on any atom is 0.332 e. The van der Waals surface area contributed by atoms with E-state index < -0.39 is 11.6 Å². The number of hydrogen-bond acceptors (Lipinski definition) is 3. The van der Waals surface area contributed by atoms with Gasteiger partial charge in [-0.2, -0.15) is 0 Å². The molecule has 0 spiro atoms. The molecule has 3 aromatic rings. The van der Waals surface area contributed by atoms with E-state index in [1.807, 2.05) is 48.5 Å². The molecule has 1 saturated heterocycles. The third kappa shape index (κ3) is 4.65. The first-order chi connectivity index (χ1) is 17.2. The largest absolute Gasteiger partial charge is 0.494 e. The summed E-state index contributed by atoms with van der Waals surface area (Å²) in [6, 6.07) is 18.0. The molecule has 0 N–H and O–H groups in total. The van der Waals surface area contributed by atoms with Gasteiger partial charge in [-0.15, -0.1) is 0 Å². The lowest BCUT2D eigenvalue weighted by Crippen LogP contribution is -2.44. The van der Waals surface area contributed by atoms with Crippen molar-refractivity contribution in [1.82, 2.24) is 4.90 Å². The van der Waals surface area contributed by atoms with E-state index in [0.29, 0.717) is 41.6 Å². The lowest BCUT2D eigenvalue weighted by atomic mass is 10.0. The fourth-order valence-electron chi connectivity index (χ4n) is 4.25. The van der Waals surface area contributed by atoms with Crippen molar-refractivity contribution < 1.29 is 14.3 Å². The zero-order chi connectivity index (χ0) is 26.0. The average Bonchev–Trinajstić information content (AvgIpc) is 3.03. The number of halogens is 2. The van der Waals surface area contributed by atoms with Crippen LogP contribution in [0.2, 0.25) is 10.0 Å². The van der Waals surface area contributed by atoms with Gasteiger partial charge in [-0.05, 0) is 62.6 Å². The fraction of sp³-hybridized carbons (Fsp3) is 0.250. The predicted octanol–water partition coefficient (Wildman–Crippen LogP) is 7.54. The van der Waals surface area contributed by atoms with Crippen LogP contribution >= 0.6 is 23.2 Å². The van der Waals surface area contributed by atoms with E-state index in [1.165, 1.54) is 6.07 Å². The van der Waals surface area contributed by atoms with Gasteiger partial charge in [0.1, 0.15) is 11.3 Å². The van der Waals surface area contributed by atoms with E-state index in [9.17, 15) is 9.59 Å². The van der Waals surface area contributed by atoms with Crippen LogP contribution in [0.25, 0.3) is 16.0 Å². The third-order valence-electron chi connectivity index (χ3n) is 6.36. The van der Waals surface area contributed by atoms with Crippen molar-refractivity contribution in [2.24, 2.45) is 0 Å². The summed E-state index contributed by atoms with van der Waals surface area (Å²) in [6.45, 7) is 13.1. The summed E-state index contributed by atoms with van der Waals surface area (Å²) in [5, 5.41) is 0.931. The molecule has 8 heteroatoms. The Hall–Kier alpha value is -3.53. The first kappa shape index (κ1) is 25.6. The second-order valence-electron chi connectivity index (χ2n) is 8.99. The number of ether oxygens (including phenoxy) is 1. The Bertz CT molecular complexity index is 1360. The molecular formula is C28H25Cl2N3O3. The molecule has 36 heavy (non-hydrogen) atoms. The molecule has 1 aliphatic rings. The minimum atomic E-state index is -1.02. The first-order valence-electron chi connectivity index (χ1n) is 11.5. The van der Waals surface area contributed by atoms with Gasteiger partial charge in [-0.1, -0.05) is 59.6 Å². The molecule has 1 aliphatic heterocycles. The van der Waals surface area contributed by atoms with Crippen LogP contribution in [0, 0.1) is 13.5 Å². The lowest BCUT2D eigenvalue weighted by Gasteiger charge is -2.27. The van der Waals surface area contributed by atoms with Crippen LogP contribution in [0.15, 0.2) is 60.7 Å². The molecule has 1 fully saturated rings. The molecule has 3 aromatic carbocycles. The maximum atomic E-state index is 13.3. The number of urea groups is 1. The van der Waals surface area contributed by atoms with E-state index >= 15 is 0 Å². The van der Waals surface area contributed by atoms with Gasteiger partial charge in [-0.3, -0.25) is 4.79 Å². The topological polar surface area (TPSA) is 54.2 Å². The minimum absolute atomic E-state index is 0.244. The molecule has 0 unspecified atom stereocenters. The zero-order valence-corrected chi connectivity index (χ0v) is 21.7. The Morgan fingerprint density at radius 1 is 1.00 bits per heavy atom. The van der Waals surface area contributed by atoms with E-state index in [1.54, 1.807) is 31.7 Å². The fourth-order valence-corrected chi connectivity index (χ4v) is 4.70. The summed E-state index contributed by atoms with van der Waals surface area (Å²) < 4.78 is 5.87. The Kier molecular flexibility index (Phi) is 7.26. The second kappa shape index (κ2) is 10.2. The van der Waals surface area contributed by atoms with Gasteiger partial charge in [-0.25, -0.2) is 14.5 Å². The van der Waals surface area contributed by atoms with Crippen molar-refractivity contribution in [1.29, 1.82) is 0 Å². The summed E-state index contributed by atoms with van der Waals surface area (Å²) in [5.74, 6) is 0.374. The van der Waals surface area contributed by atoms with Gasteiger partial charge in [0.15, 0.2) is 0 Å².